The quantitative estimate of drug-likeness (QED) is 0.807. The Bertz CT molecular complexity index is 485. The maximum atomic E-state index is 13.0. The zero-order valence-electron chi connectivity index (χ0n) is 10.2. The minimum absolute atomic E-state index is 0.105. The van der Waals surface area contributed by atoms with Gasteiger partial charge in [0.05, 0.1) is 5.02 Å². The van der Waals surface area contributed by atoms with Crippen molar-refractivity contribution in [1.29, 1.82) is 0 Å². The van der Waals surface area contributed by atoms with E-state index in [2.05, 4.69) is 0 Å². The van der Waals surface area contributed by atoms with Gasteiger partial charge < -0.3 is 0 Å². The summed E-state index contributed by atoms with van der Waals surface area (Å²) in [4.78, 5) is 12.3. The van der Waals surface area contributed by atoms with Crippen molar-refractivity contribution in [3.8, 4) is 0 Å². The first-order chi connectivity index (χ1) is 8.63. The van der Waals surface area contributed by atoms with Crippen molar-refractivity contribution >= 4 is 17.4 Å². The van der Waals surface area contributed by atoms with Crippen molar-refractivity contribution in [3.05, 3.63) is 34.6 Å². The van der Waals surface area contributed by atoms with Crippen molar-refractivity contribution in [1.82, 2.24) is 0 Å². The number of carbonyl (C=O) groups is 1. The van der Waals surface area contributed by atoms with Crippen LogP contribution in [-0.4, -0.2) is 5.78 Å². The van der Waals surface area contributed by atoms with E-state index >= 15 is 0 Å². The minimum atomic E-state index is -0.423. The van der Waals surface area contributed by atoms with Crippen LogP contribution in [-0.2, 0) is 11.2 Å². The lowest BCUT2D eigenvalue weighted by Gasteiger charge is -2.20. The summed E-state index contributed by atoms with van der Waals surface area (Å²) >= 11 is 5.73. The molecule has 2 bridgehead atoms. The first-order valence-electron chi connectivity index (χ1n) is 6.60. The van der Waals surface area contributed by atoms with E-state index in [-0.39, 0.29) is 10.9 Å². The molecule has 0 N–H and O–H groups in total. The predicted molar refractivity (Wildman–Crippen MR) is 69.1 cm³/mol. The van der Waals surface area contributed by atoms with Gasteiger partial charge in [-0.3, -0.25) is 4.79 Å². The molecule has 0 spiro atoms. The maximum absolute atomic E-state index is 13.0. The van der Waals surface area contributed by atoms with Gasteiger partial charge in [-0.2, -0.15) is 0 Å². The fourth-order valence-electron chi connectivity index (χ4n) is 3.62. The van der Waals surface area contributed by atoms with Crippen molar-refractivity contribution in [2.75, 3.05) is 0 Å². The highest BCUT2D eigenvalue weighted by atomic mass is 35.5. The summed E-state index contributed by atoms with van der Waals surface area (Å²) in [6, 6.07) is 4.57. The SMILES string of the molecule is O=C(Cc1ccc(F)c(Cl)c1)C1CC2CCC1C2. The topological polar surface area (TPSA) is 17.1 Å². The molecule has 3 unspecified atom stereocenters. The maximum Gasteiger partial charge on any atom is 0.141 e. The van der Waals surface area contributed by atoms with Gasteiger partial charge in [-0.1, -0.05) is 24.1 Å². The van der Waals surface area contributed by atoms with E-state index in [1.807, 2.05) is 0 Å². The molecule has 0 amide bonds. The van der Waals surface area contributed by atoms with Crippen molar-refractivity contribution in [3.63, 3.8) is 0 Å². The number of ketones is 1. The van der Waals surface area contributed by atoms with Crippen molar-refractivity contribution in [2.45, 2.75) is 32.1 Å². The van der Waals surface area contributed by atoms with Gasteiger partial charge in [0.1, 0.15) is 11.6 Å². The van der Waals surface area contributed by atoms with Gasteiger partial charge >= 0.3 is 0 Å². The first-order valence-corrected chi connectivity index (χ1v) is 6.98. The number of hydrogen-bond donors (Lipinski definition) is 0. The average Bonchev–Trinajstić information content (AvgIpc) is 2.96. The summed E-state index contributed by atoms with van der Waals surface area (Å²) in [6.45, 7) is 0. The molecule has 1 nitrogen and oxygen atoms in total. The highest BCUT2D eigenvalue weighted by molar-refractivity contribution is 6.30. The molecule has 18 heavy (non-hydrogen) atoms. The van der Waals surface area contributed by atoms with Gasteiger partial charge in [0.2, 0.25) is 0 Å². The van der Waals surface area contributed by atoms with Crippen LogP contribution in [0.15, 0.2) is 18.2 Å². The molecule has 0 saturated heterocycles. The summed E-state index contributed by atoms with van der Waals surface area (Å²) in [6.07, 6.45) is 5.22. The lowest BCUT2D eigenvalue weighted by molar-refractivity contribution is -0.123. The number of hydrogen-bond acceptors (Lipinski definition) is 1. The molecule has 2 aliphatic carbocycles. The van der Waals surface area contributed by atoms with Gasteiger partial charge in [0, 0.05) is 12.3 Å². The van der Waals surface area contributed by atoms with Gasteiger partial charge in [-0.15, -0.1) is 0 Å². The molecular formula is C15H16ClFO. The zero-order chi connectivity index (χ0) is 12.7. The lowest BCUT2D eigenvalue weighted by Crippen LogP contribution is -2.22. The standard InChI is InChI=1S/C15H16ClFO/c16-13-7-10(2-4-14(13)17)8-15(18)12-6-9-1-3-11(12)5-9/h2,4,7,9,11-12H,1,3,5-6,8H2. The Kier molecular flexibility index (Phi) is 3.14. The van der Waals surface area contributed by atoms with E-state index in [0.717, 1.165) is 17.9 Å². The highest BCUT2D eigenvalue weighted by Crippen LogP contribution is 2.48. The van der Waals surface area contributed by atoms with E-state index in [9.17, 15) is 9.18 Å². The van der Waals surface area contributed by atoms with Crippen molar-refractivity contribution < 1.29 is 9.18 Å². The monoisotopic (exact) mass is 266 g/mol. The molecule has 2 saturated carbocycles. The Morgan fingerprint density at radius 2 is 2.17 bits per heavy atom. The predicted octanol–water partition coefficient (Wildman–Crippen LogP) is 4.03. The molecule has 2 fully saturated rings. The third kappa shape index (κ3) is 2.18. The number of fused-ring (bicyclic) bond motifs is 2. The van der Waals surface area contributed by atoms with Crippen molar-refractivity contribution in [2.24, 2.45) is 17.8 Å². The molecule has 0 aliphatic heterocycles. The van der Waals surface area contributed by atoms with Crippen LogP contribution in [0.3, 0.4) is 0 Å². The second-order valence-electron chi connectivity index (χ2n) is 5.67. The van der Waals surface area contributed by atoms with E-state index in [4.69, 9.17) is 11.6 Å². The summed E-state index contributed by atoms with van der Waals surface area (Å²) in [5.74, 6) is 1.52. The van der Waals surface area contributed by atoms with Gasteiger partial charge in [0.25, 0.3) is 0 Å². The number of halogens is 2. The van der Waals surface area contributed by atoms with Crippen LogP contribution in [0.5, 0.6) is 0 Å². The Hall–Kier alpha value is -0.890. The summed E-state index contributed by atoms with van der Waals surface area (Å²) in [7, 11) is 0. The van der Waals surface area contributed by atoms with E-state index in [1.54, 1.807) is 12.1 Å². The smallest absolute Gasteiger partial charge is 0.141 e. The van der Waals surface area contributed by atoms with Crippen LogP contribution in [0.25, 0.3) is 0 Å². The number of benzene rings is 1. The van der Waals surface area contributed by atoms with Crippen LogP contribution >= 0.6 is 11.6 Å². The van der Waals surface area contributed by atoms with Crippen LogP contribution < -0.4 is 0 Å². The molecule has 0 radical (unpaired) electrons. The molecule has 0 aromatic heterocycles. The molecule has 96 valence electrons. The average molecular weight is 267 g/mol. The second-order valence-corrected chi connectivity index (χ2v) is 6.08. The molecule has 3 rings (SSSR count). The largest absolute Gasteiger partial charge is 0.299 e. The molecule has 3 heteroatoms. The molecular weight excluding hydrogens is 251 g/mol. The highest BCUT2D eigenvalue weighted by Gasteiger charge is 2.42. The van der Waals surface area contributed by atoms with E-state index in [1.165, 1.54) is 25.3 Å². The molecule has 3 atom stereocenters. The molecule has 0 heterocycles. The minimum Gasteiger partial charge on any atom is -0.299 e. The Morgan fingerprint density at radius 3 is 2.78 bits per heavy atom. The van der Waals surface area contributed by atoms with Crippen LogP contribution in [0.2, 0.25) is 5.02 Å². The van der Waals surface area contributed by atoms with Crippen LogP contribution in [0.4, 0.5) is 4.39 Å². The molecule has 1 aromatic rings. The normalized spacial score (nSPS) is 29.8. The third-order valence-corrected chi connectivity index (χ3v) is 4.80. The number of carbonyl (C=O) groups excluding carboxylic acids is 1. The van der Waals surface area contributed by atoms with E-state index < -0.39 is 5.82 Å². The first kappa shape index (κ1) is 12.2. The summed E-state index contributed by atoms with van der Waals surface area (Å²) < 4.78 is 13.0. The summed E-state index contributed by atoms with van der Waals surface area (Å²) in [5.41, 5.74) is 0.828. The second kappa shape index (κ2) is 4.65. The zero-order valence-corrected chi connectivity index (χ0v) is 10.9. The molecule has 2 aliphatic rings. The third-order valence-electron chi connectivity index (χ3n) is 4.51. The lowest BCUT2D eigenvalue weighted by atomic mass is 9.83. The number of rotatable bonds is 3. The van der Waals surface area contributed by atoms with Gasteiger partial charge in [-0.05, 0) is 48.8 Å². The Labute approximate surface area is 111 Å². The van der Waals surface area contributed by atoms with E-state index in [0.29, 0.717) is 18.1 Å². The molecule has 1 aromatic carbocycles. The Morgan fingerprint density at radius 1 is 1.33 bits per heavy atom. The number of Topliss-reactive ketones (excluding diaryl/α,β-unsaturated/α-hetero) is 1. The summed E-state index contributed by atoms with van der Waals surface area (Å²) in [5, 5.41) is 0.105. The fourth-order valence-corrected chi connectivity index (χ4v) is 3.82. The van der Waals surface area contributed by atoms with Crippen LogP contribution in [0, 0.1) is 23.6 Å². The van der Waals surface area contributed by atoms with Crippen LogP contribution in [0.1, 0.15) is 31.2 Å². The van der Waals surface area contributed by atoms with Gasteiger partial charge in [-0.25, -0.2) is 4.39 Å². The fraction of sp³-hybridized carbons (Fsp3) is 0.533. The Balaban J connectivity index is 1.69. The van der Waals surface area contributed by atoms with Gasteiger partial charge in [0.15, 0.2) is 0 Å².